The first kappa shape index (κ1) is 21.2. The van der Waals surface area contributed by atoms with E-state index in [-0.39, 0.29) is 11.5 Å². The van der Waals surface area contributed by atoms with Gasteiger partial charge in [0.25, 0.3) is 17.4 Å². The van der Waals surface area contributed by atoms with Gasteiger partial charge in [0.15, 0.2) is 0 Å². The second-order valence-electron chi connectivity index (χ2n) is 8.05. The van der Waals surface area contributed by atoms with Crippen molar-refractivity contribution in [2.24, 2.45) is 5.92 Å². The number of imide groups is 1. The molecule has 8 nitrogen and oxygen atoms in total. The normalized spacial score (nSPS) is 13.9. The van der Waals surface area contributed by atoms with Crippen molar-refractivity contribution in [1.82, 2.24) is 15.1 Å². The zero-order chi connectivity index (χ0) is 22.8. The van der Waals surface area contributed by atoms with Crippen LogP contribution in [0, 0.1) is 5.92 Å². The van der Waals surface area contributed by atoms with E-state index in [2.05, 4.69) is 15.5 Å². The number of H-pyrrole nitrogens is 1. The summed E-state index contributed by atoms with van der Waals surface area (Å²) in [5.41, 5.74) is 2.04. The molecule has 0 bridgehead atoms. The van der Waals surface area contributed by atoms with Crippen molar-refractivity contribution in [1.29, 1.82) is 0 Å². The Balaban J connectivity index is 1.61. The summed E-state index contributed by atoms with van der Waals surface area (Å²) < 4.78 is 0. The molecule has 162 valence electrons. The first-order valence-corrected chi connectivity index (χ1v) is 10.3. The average Bonchev–Trinajstić information content (AvgIpc) is 3.03. The summed E-state index contributed by atoms with van der Waals surface area (Å²) in [6.07, 6.45) is 0.332. The van der Waals surface area contributed by atoms with Crippen LogP contribution in [0.25, 0.3) is 11.3 Å². The van der Waals surface area contributed by atoms with E-state index in [4.69, 9.17) is 0 Å². The van der Waals surface area contributed by atoms with Crippen LogP contribution < -0.4 is 10.9 Å². The second kappa shape index (κ2) is 8.58. The van der Waals surface area contributed by atoms with Crippen molar-refractivity contribution in [2.75, 3.05) is 5.32 Å². The van der Waals surface area contributed by atoms with Crippen LogP contribution in [0.5, 0.6) is 0 Å². The Labute approximate surface area is 184 Å². The fourth-order valence-electron chi connectivity index (χ4n) is 3.75. The highest BCUT2D eigenvalue weighted by Gasteiger charge is 2.42. The zero-order valence-corrected chi connectivity index (χ0v) is 17.7. The molecule has 1 atom stereocenters. The van der Waals surface area contributed by atoms with E-state index in [9.17, 15) is 19.2 Å². The lowest BCUT2D eigenvalue weighted by molar-refractivity contribution is -0.120. The fraction of sp³-hybridized carbons (Fsp3) is 0.208. The van der Waals surface area contributed by atoms with Gasteiger partial charge in [-0.2, -0.15) is 5.10 Å². The third-order valence-corrected chi connectivity index (χ3v) is 5.24. The van der Waals surface area contributed by atoms with Crippen LogP contribution >= 0.6 is 0 Å². The highest BCUT2D eigenvalue weighted by atomic mass is 16.2. The van der Waals surface area contributed by atoms with Gasteiger partial charge in [-0.05, 0) is 42.7 Å². The molecule has 32 heavy (non-hydrogen) atoms. The third kappa shape index (κ3) is 4.07. The smallest absolute Gasteiger partial charge is 0.264 e. The summed E-state index contributed by atoms with van der Waals surface area (Å²) in [7, 11) is 0. The molecule has 0 saturated heterocycles. The maximum absolute atomic E-state index is 13.2. The highest BCUT2D eigenvalue weighted by Crippen LogP contribution is 2.28. The van der Waals surface area contributed by atoms with E-state index in [1.165, 1.54) is 6.07 Å². The molecule has 1 unspecified atom stereocenters. The van der Waals surface area contributed by atoms with Crippen molar-refractivity contribution < 1.29 is 14.4 Å². The lowest BCUT2D eigenvalue weighted by atomic mass is 10.0. The minimum absolute atomic E-state index is 0.0757. The number of benzene rings is 2. The van der Waals surface area contributed by atoms with E-state index in [1.54, 1.807) is 54.6 Å². The van der Waals surface area contributed by atoms with Gasteiger partial charge in [-0.15, -0.1) is 0 Å². The Morgan fingerprint density at radius 1 is 0.969 bits per heavy atom. The molecule has 0 fully saturated rings. The lowest BCUT2D eigenvalue weighted by Gasteiger charge is -2.26. The standard InChI is InChI=1S/C24H22N4O4/c1-14(2)12-20(28-23(31)17-8-3-4-9-18(17)24(28)32)22(30)25-16-7-5-6-15(13-16)19-10-11-21(29)27-26-19/h3-11,13-14,20H,12H2,1-2H3,(H,25,30)(H,27,29). The summed E-state index contributed by atoms with van der Waals surface area (Å²) in [4.78, 5) is 51.4. The average molecular weight is 430 g/mol. The maximum atomic E-state index is 13.2. The zero-order valence-electron chi connectivity index (χ0n) is 17.7. The maximum Gasteiger partial charge on any atom is 0.264 e. The number of hydrogen-bond acceptors (Lipinski definition) is 5. The number of nitrogens with one attached hydrogen (secondary N) is 2. The van der Waals surface area contributed by atoms with E-state index >= 15 is 0 Å². The van der Waals surface area contributed by atoms with Crippen LogP contribution in [-0.2, 0) is 4.79 Å². The first-order chi connectivity index (χ1) is 15.3. The molecule has 0 aliphatic carbocycles. The number of nitrogens with zero attached hydrogens (tertiary/aromatic N) is 2. The Morgan fingerprint density at radius 3 is 2.25 bits per heavy atom. The number of rotatable bonds is 6. The minimum atomic E-state index is -0.947. The van der Waals surface area contributed by atoms with E-state index < -0.39 is 23.8 Å². The molecule has 3 amide bonds. The number of amides is 3. The van der Waals surface area contributed by atoms with Gasteiger partial charge < -0.3 is 5.32 Å². The van der Waals surface area contributed by atoms with E-state index in [1.807, 2.05) is 13.8 Å². The number of anilines is 1. The Morgan fingerprint density at radius 2 is 1.66 bits per heavy atom. The second-order valence-corrected chi connectivity index (χ2v) is 8.05. The number of aromatic amines is 1. The summed E-state index contributed by atoms with van der Waals surface area (Å²) in [6, 6.07) is 15.6. The number of aromatic nitrogens is 2. The van der Waals surface area contributed by atoms with Crippen LogP contribution in [-0.4, -0.2) is 38.9 Å². The number of hydrogen-bond donors (Lipinski definition) is 2. The van der Waals surface area contributed by atoms with Crippen molar-refractivity contribution >= 4 is 23.4 Å². The van der Waals surface area contributed by atoms with Gasteiger partial charge in [0.05, 0.1) is 16.8 Å². The van der Waals surface area contributed by atoms with E-state index in [0.29, 0.717) is 34.5 Å². The molecule has 0 radical (unpaired) electrons. The molecule has 3 aromatic rings. The number of carbonyl (C=O) groups is 3. The molecule has 1 aromatic heterocycles. The van der Waals surface area contributed by atoms with E-state index in [0.717, 1.165) is 4.90 Å². The molecular formula is C24H22N4O4. The fourth-order valence-corrected chi connectivity index (χ4v) is 3.75. The van der Waals surface area contributed by atoms with Gasteiger partial charge in [0.2, 0.25) is 5.91 Å². The summed E-state index contributed by atoms with van der Waals surface area (Å²) in [5.74, 6) is -1.29. The van der Waals surface area contributed by atoms with Crippen molar-refractivity contribution in [3.05, 3.63) is 82.1 Å². The molecule has 8 heteroatoms. The van der Waals surface area contributed by atoms with Crippen LogP contribution in [0.2, 0.25) is 0 Å². The quantitative estimate of drug-likeness (QED) is 0.584. The van der Waals surface area contributed by atoms with Gasteiger partial charge >= 0.3 is 0 Å². The molecule has 1 aliphatic heterocycles. The van der Waals surface area contributed by atoms with Crippen LogP contribution in [0.15, 0.2) is 65.5 Å². The molecular weight excluding hydrogens is 408 g/mol. The van der Waals surface area contributed by atoms with Gasteiger partial charge in [-0.1, -0.05) is 38.1 Å². The molecule has 2 N–H and O–H groups in total. The first-order valence-electron chi connectivity index (χ1n) is 10.3. The van der Waals surface area contributed by atoms with Crippen LogP contribution in [0.1, 0.15) is 41.0 Å². The lowest BCUT2D eigenvalue weighted by Crippen LogP contribution is -2.47. The molecule has 1 aliphatic rings. The summed E-state index contributed by atoms with van der Waals surface area (Å²) >= 11 is 0. The monoisotopic (exact) mass is 430 g/mol. The van der Waals surface area contributed by atoms with Gasteiger partial charge in [-0.3, -0.25) is 24.1 Å². The predicted octanol–water partition coefficient (Wildman–Crippen LogP) is 3.09. The predicted molar refractivity (Wildman–Crippen MR) is 119 cm³/mol. The number of carbonyl (C=O) groups excluding carboxylic acids is 3. The third-order valence-electron chi connectivity index (χ3n) is 5.24. The molecule has 0 saturated carbocycles. The van der Waals surface area contributed by atoms with Crippen LogP contribution in [0.4, 0.5) is 5.69 Å². The molecule has 0 spiro atoms. The largest absolute Gasteiger partial charge is 0.324 e. The van der Waals surface area contributed by atoms with Crippen molar-refractivity contribution in [3.63, 3.8) is 0 Å². The Bertz CT molecular complexity index is 1210. The topological polar surface area (TPSA) is 112 Å². The van der Waals surface area contributed by atoms with Gasteiger partial charge in [0.1, 0.15) is 6.04 Å². The van der Waals surface area contributed by atoms with Crippen molar-refractivity contribution in [3.8, 4) is 11.3 Å². The Hall–Kier alpha value is -4.07. The minimum Gasteiger partial charge on any atom is -0.324 e. The Kier molecular flexibility index (Phi) is 5.68. The molecule has 2 aromatic carbocycles. The van der Waals surface area contributed by atoms with Crippen molar-refractivity contribution in [2.45, 2.75) is 26.3 Å². The SMILES string of the molecule is CC(C)CC(C(=O)Nc1cccc(-c2ccc(=O)[nH]n2)c1)N1C(=O)c2ccccc2C1=O. The summed E-state index contributed by atoms with van der Waals surface area (Å²) in [6.45, 7) is 3.86. The number of fused-ring (bicyclic) bond motifs is 1. The molecule has 2 heterocycles. The molecule has 4 rings (SSSR count). The highest BCUT2D eigenvalue weighted by molar-refractivity contribution is 6.23. The summed E-state index contributed by atoms with van der Waals surface area (Å²) in [5, 5.41) is 9.21. The van der Waals surface area contributed by atoms with Gasteiger partial charge in [-0.25, -0.2) is 5.10 Å². The van der Waals surface area contributed by atoms with Gasteiger partial charge in [0, 0.05) is 17.3 Å². The van der Waals surface area contributed by atoms with Crippen LogP contribution in [0.3, 0.4) is 0 Å².